The molecule has 0 bridgehead atoms. The number of hydrogen-bond acceptors (Lipinski definition) is 5. The zero-order chi connectivity index (χ0) is 13.9. The Balaban J connectivity index is 2.40. The van der Waals surface area contributed by atoms with Crippen molar-refractivity contribution in [2.75, 3.05) is 19.7 Å². The van der Waals surface area contributed by atoms with Crippen LogP contribution in [-0.2, 0) is 0 Å². The van der Waals surface area contributed by atoms with Gasteiger partial charge < -0.3 is 10.0 Å². The van der Waals surface area contributed by atoms with Crippen molar-refractivity contribution in [2.24, 2.45) is 0 Å². The molecule has 1 heterocycles. The molecule has 108 valence electrons. The Hall–Kier alpha value is -1.50. The van der Waals surface area contributed by atoms with E-state index in [0.717, 1.165) is 12.8 Å². The molecule has 7 nitrogen and oxygen atoms in total. The molecular weight excluding hydrogens is 246 g/mol. The van der Waals surface area contributed by atoms with Crippen molar-refractivity contribution in [3.8, 4) is 0 Å². The summed E-state index contributed by atoms with van der Waals surface area (Å²) in [6.45, 7) is 3.45. The summed E-state index contributed by atoms with van der Waals surface area (Å²) in [5.74, 6) is -0.135. The van der Waals surface area contributed by atoms with Crippen LogP contribution in [0.3, 0.4) is 0 Å². The Morgan fingerprint density at radius 2 is 1.95 bits per heavy atom. The molecule has 7 heteroatoms. The minimum Gasteiger partial charge on any atom is -0.396 e. The molecule has 0 saturated carbocycles. The number of hydrogen-bond donors (Lipinski definition) is 2. The zero-order valence-electron chi connectivity index (χ0n) is 11.5. The quantitative estimate of drug-likeness (QED) is 0.618. The standard InChI is InChI=1S/C12H23N5O2/c1-2-3-4-5-6-8-17(9-7-10-18)12(19)11-13-15-16-14-11/h18H,2-10H2,1H3,(H,13,14,15,16). The highest BCUT2D eigenvalue weighted by molar-refractivity contribution is 5.90. The highest BCUT2D eigenvalue weighted by atomic mass is 16.3. The van der Waals surface area contributed by atoms with E-state index in [0.29, 0.717) is 19.5 Å². The van der Waals surface area contributed by atoms with Gasteiger partial charge in [-0.05, 0) is 18.1 Å². The van der Waals surface area contributed by atoms with Crippen molar-refractivity contribution in [3.63, 3.8) is 0 Å². The van der Waals surface area contributed by atoms with Crippen molar-refractivity contribution in [1.29, 1.82) is 0 Å². The fourth-order valence-electron chi connectivity index (χ4n) is 1.88. The van der Waals surface area contributed by atoms with Gasteiger partial charge in [-0.3, -0.25) is 4.79 Å². The van der Waals surface area contributed by atoms with E-state index in [4.69, 9.17) is 5.11 Å². The number of carbonyl (C=O) groups excluding carboxylic acids is 1. The predicted molar refractivity (Wildman–Crippen MR) is 70.5 cm³/mol. The molecular formula is C12H23N5O2. The lowest BCUT2D eigenvalue weighted by Gasteiger charge is -2.20. The number of rotatable bonds is 10. The van der Waals surface area contributed by atoms with E-state index < -0.39 is 0 Å². The first-order valence-electron chi connectivity index (χ1n) is 6.93. The maximum Gasteiger partial charge on any atom is 0.295 e. The zero-order valence-corrected chi connectivity index (χ0v) is 11.5. The minimum absolute atomic E-state index is 0.0753. The van der Waals surface area contributed by atoms with Gasteiger partial charge in [0, 0.05) is 19.7 Å². The molecule has 1 amide bonds. The predicted octanol–water partition coefficient (Wildman–Crippen LogP) is 0.995. The fourth-order valence-corrected chi connectivity index (χ4v) is 1.88. The Morgan fingerprint density at radius 1 is 1.21 bits per heavy atom. The minimum atomic E-state index is -0.224. The lowest BCUT2D eigenvalue weighted by Crippen LogP contribution is -2.34. The molecule has 0 fully saturated rings. The third-order valence-electron chi connectivity index (χ3n) is 2.94. The third-order valence-corrected chi connectivity index (χ3v) is 2.94. The second kappa shape index (κ2) is 9.43. The number of tetrazole rings is 1. The van der Waals surface area contributed by atoms with E-state index >= 15 is 0 Å². The van der Waals surface area contributed by atoms with Gasteiger partial charge in [-0.15, -0.1) is 10.2 Å². The second-order valence-electron chi connectivity index (χ2n) is 4.52. The second-order valence-corrected chi connectivity index (χ2v) is 4.52. The largest absolute Gasteiger partial charge is 0.396 e. The van der Waals surface area contributed by atoms with Crippen molar-refractivity contribution < 1.29 is 9.90 Å². The van der Waals surface area contributed by atoms with Gasteiger partial charge in [0.1, 0.15) is 0 Å². The van der Waals surface area contributed by atoms with Gasteiger partial charge in [0.25, 0.3) is 11.7 Å². The average Bonchev–Trinajstić information content (AvgIpc) is 2.95. The van der Waals surface area contributed by atoms with Crippen LogP contribution in [-0.4, -0.2) is 56.2 Å². The normalized spacial score (nSPS) is 10.6. The number of nitrogens with one attached hydrogen (secondary N) is 1. The van der Waals surface area contributed by atoms with Crippen molar-refractivity contribution >= 4 is 5.91 Å². The topological polar surface area (TPSA) is 95.0 Å². The summed E-state index contributed by atoms with van der Waals surface area (Å²) in [6, 6.07) is 0. The molecule has 0 aliphatic rings. The number of aromatic nitrogens is 4. The highest BCUT2D eigenvalue weighted by Crippen LogP contribution is 2.06. The maximum atomic E-state index is 12.1. The number of aliphatic hydroxyl groups is 1. The number of aliphatic hydroxyl groups excluding tert-OH is 1. The molecule has 0 radical (unpaired) electrons. The average molecular weight is 269 g/mol. The molecule has 0 aliphatic heterocycles. The van der Waals surface area contributed by atoms with Crippen LogP contribution in [0.15, 0.2) is 0 Å². The van der Waals surface area contributed by atoms with Crippen molar-refractivity contribution in [1.82, 2.24) is 25.5 Å². The smallest absolute Gasteiger partial charge is 0.295 e. The van der Waals surface area contributed by atoms with E-state index in [9.17, 15) is 4.79 Å². The lowest BCUT2D eigenvalue weighted by molar-refractivity contribution is 0.0729. The summed E-state index contributed by atoms with van der Waals surface area (Å²) < 4.78 is 0. The monoisotopic (exact) mass is 269 g/mol. The molecule has 0 unspecified atom stereocenters. The van der Waals surface area contributed by atoms with Crippen LogP contribution in [0.2, 0.25) is 0 Å². The summed E-state index contributed by atoms with van der Waals surface area (Å²) in [5, 5.41) is 22.0. The summed E-state index contributed by atoms with van der Waals surface area (Å²) in [7, 11) is 0. The molecule has 0 atom stereocenters. The molecule has 19 heavy (non-hydrogen) atoms. The van der Waals surface area contributed by atoms with Gasteiger partial charge in [-0.2, -0.15) is 5.21 Å². The number of H-pyrrole nitrogens is 1. The first-order valence-corrected chi connectivity index (χ1v) is 6.93. The molecule has 0 saturated heterocycles. The Morgan fingerprint density at radius 3 is 2.58 bits per heavy atom. The number of nitrogens with zero attached hydrogens (tertiary/aromatic N) is 4. The van der Waals surface area contributed by atoms with Crippen molar-refractivity contribution in [2.45, 2.75) is 45.4 Å². The molecule has 0 aliphatic carbocycles. The summed E-state index contributed by atoms with van der Waals surface area (Å²) in [5.41, 5.74) is 0. The highest BCUT2D eigenvalue weighted by Gasteiger charge is 2.18. The SMILES string of the molecule is CCCCCCCN(CCCO)C(=O)c1nn[nH]n1. The number of carbonyl (C=O) groups is 1. The first-order chi connectivity index (χ1) is 9.29. The van der Waals surface area contributed by atoms with Crippen LogP contribution in [0.1, 0.15) is 56.1 Å². The van der Waals surface area contributed by atoms with Gasteiger partial charge in [0.15, 0.2) is 0 Å². The lowest BCUT2D eigenvalue weighted by atomic mass is 10.1. The van der Waals surface area contributed by atoms with Crippen LogP contribution in [0.4, 0.5) is 0 Å². The van der Waals surface area contributed by atoms with Gasteiger partial charge in [0.05, 0.1) is 0 Å². The van der Waals surface area contributed by atoms with Gasteiger partial charge in [0.2, 0.25) is 0 Å². The first kappa shape index (κ1) is 15.6. The molecule has 2 N–H and O–H groups in total. The van der Waals surface area contributed by atoms with Crippen molar-refractivity contribution in [3.05, 3.63) is 5.82 Å². The number of unbranched alkanes of at least 4 members (excludes halogenated alkanes) is 4. The molecule has 1 aromatic heterocycles. The van der Waals surface area contributed by atoms with Gasteiger partial charge in [-0.1, -0.05) is 32.6 Å². The summed E-state index contributed by atoms with van der Waals surface area (Å²) >= 11 is 0. The fraction of sp³-hybridized carbons (Fsp3) is 0.833. The molecule has 1 aromatic rings. The maximum absolute atomic E-state index is 12.1. The van der Waals surface area contributed by atoms with Crippen LogP contribution in [0, 0.1) is 0 Å². The molecule has 1 rings (SSSR count). The summed E-state index contributed by atoms with van der Waals surface area (Å²) in [4.78, 5) is 13.8. The molecule has 0 aromatic carbocycles. The number of amides is 1. The van der Waals surface area contributed by atoms with E-state index in [1.807, 2.05) is 0 Å². The van der Waals surface area contributed by atoms with E-state index in [1.165, 1.54) is 19.3 Å². The van der Waals surface area contributed by atoms with Crippen LogP contribution < -0.4 is 0 Å². The van der Waals surface area contributed by atoms with Gasteiger partial charge >= 0.3 is 0 Å². The molecule has 0 spiro atoms. The van der Waals surface area contributed by atoms with E-state index in [1.54, 1.807) is 4.90 Å². The van der Waals surface area contributed by atoms with E-state index in [-0.39, 0.29) is 18.3 Å². The van der Waals surface area contributed by atoms with Gasteiger partial charge in [-0.25, -0.2) is 0 Å². The third kappa shape index (κ3) is 5.78. The Kier molecular flexibility index (Phi) is 7.72. The number of aromatic amines is 1. The van der Waals surface area contributed by atoms with E-state index in [2.05, 4.69) is 27.5 Å². The van der Waals surface area contributed by atoms with Crippen LogP contribution in [0.25, 0.3) is 0 Å². The Bertz CT molecular complexity index is 342. The summed E-state index contributed by atoms with van der Waals surface area (Å²) in [6.07, 6.45) is 6.28. The van der Waals surface area contributed by atoms with Crippen LogP contribution in [0.5, 0.6) is 0 Å². The Labute approximate surface area is 113 Å². The van der Waals surface area contributed by atoms with Crippen LogP contribution >= 0.6 is 0 Å².